The van der Waals surface area contributed by atoms with Crippen molar-refractivity contribution in [3.8, 4) is 11.8 Å². The van der Waals surface area contributed by atoms with E-state index in [2.05, 4.69) is 11.8 Å². The van der Waals surface area contributed by atoms with Crippen LogP contribution < -0.4 is 0 Å². The summed E-state index contributed by atoms with van der Waals surface area (Å²) in [5.74, 6) is 5.55. The second-order valence-corrected chi connectivity index (χ2v) is 4.14. The molecular weight excluding hydrogens is 216 g/mol. The third-order valence-corrected chi connectivity index (χ3v) is 2.34. The Morgan fingerprint density at radius 1 is 1.24 bits per heavy atom. The molecule has 0 amide bonds. The Balaban J connectivity index is 3.28. The fourth-order valence-electron chi connectivity index (χ4n) is 1.44. The molecule has 0 spiro atoms. The van der Waals surface area contributed by atoms with E-state index >= 15 is 0 Å². The molecule has 3 heteroatoms. The van der Waals surface area contributed by atoms with Gasteiger partial charge in [0, 0.05) is 6.42 Å². The predicted molar refractivity (Wildman–Crippen MR) is 68.4 cm³/mol. The van der Waals surface area contributed by atoms with Crippen molar-refractivity contribution < 1.29 is 14.6 Å². The number of aliphatic hydroxyl groups is 1. The lowest BCUT2D eigenvalue weighted by Crippen LogP contribution is -2.01. The highest BCUT2D eigenvalue weighted by atomic mass is 16.5. The van der Waals surface area contributed by atoms with Gasteiger partial charge in [-0.15, -0.1) is 5.92 Å². The topological polar surface area (TPSA) is 46.5 Å². The second kappa shape index (κ2) is 11.5. The van der Waals surface area contributed by atoms with E-state index in [1.807, 2.05) is 6.92 Å². The summed E-state index contributed by atoms with van der Waals surface area (Å²) >= 11 is 0. The average molecular weight is 240 g/mol. The molecule has 0 aromatic rings. The molecule has 3 nitrogen and oxygen atoms in total. The van der Waals surface area contributed by atoms with E-state index in [-0.39, 0.29) is 18.5 Å². The smallest absolute Gasteiger partial charge is 0.317 e. The van der Waals surface area contributed by atoms with Crippen LogP contribution in [0.4, 0.5) is 0 Å². The van der Waals surface area contributed by atoms with Crippen molar-refractivity contribution in [2.45, 2.75) is 64.9 Å². The van der Waals surface area contributed by atoms with E-state index < -0.39 is 0 Å². The molecule has 0 saturated heterocycles. The SMILES string of the molecule is CCOC(=O)CC#CCCCCCC[C@H](C)O. The molecule has 0 fully saturated rings. The Morgan fingerprint density at radius 3 is 2.59 bits per heavy atom. The maximum absolute atomic E-state index is 10.9. The van der Waals surface area contributed by atoms with E-state index in [0.717, 1.165) is 38.5 Å². The summed E-state index contributed by atoms with van der Waals surface area (Å²) in [6.07, 6.45) is 6.17. The van der Waals surface area contributed by atoms with Crippen LogP contribution in [0.25, 0.3) is 0 Å². The van der Waals surface area contributed by atoms with Crippen molar-refractivity contribution in [3.63, 3.8) is 0 Å². The molecule has 0 aliphatic heterocycles. The molecule has 98 valence electrons. The fourth-order valence-corrected chi connectivity index (χ4v) is 1.44. The summed E-state index contributed by atoms with van der Waals surface area (Å²) in [6, 6.07) is 0. The number of hydrogen-bond donors (Lipinski definition) is 1. The fraction of sp³-hybridized carbons (Fsp3) is 0.786. The average Bonchev–Trinajstić information content (AvgIpc) is 2.27. The van der Waals surface area contributed by atoms with Crippen molar-refractivity contribution in [2.24, 2.45) is 0 Å². The number of hydrogen-bond acceptors (Lipinski definition) is 3. The summed E-state index contributed by atoms with van der Waals surface area (Å²) in [7, 11) is 0. The predicted octanol–water partition coefficient (Wildman–Crippen LogP) is 2.66. The molecule has 17 heavy (non-hydrogen) atoms. The van der Waals surface area contributed by atoms with Crippen molar-refractivity contribution in [3.05, 3.63) is 0 Å². The summed E-state index contributed by atoms with van der Waals surface area (Å²) in [4.78, 5) is 10.9. The Hall–Kier alpha value is -1.01. The monoisotopic (exact) mass is 240 g/mol. The molecule has 0 radical (unpaired) electrons. The minimum absolute atomic E-state index is 0.181. The van der Waals surface area contributed by atoms with Crippen molar-refractivity contribution >= 4 is 5.97 Å². The van der Waals surface area contributed by atoms with Gasteiger partial charge in [-0.05, 0) is 26.7 Å². The zero-order valence-corrected chi connectivity index (χ0v) is 11.0. The van der Waals surface area contributed by atoms with Gasteiger partial charge in [0.15, 0.2) is 0 Å². The van der Waals surface area contributed by atoms with Gasteiger partial charge in [-0.3, -0.25) is 4.79 Å². The van der Waals surface area contributed by atoms with E-state index in [1.54, 1.807) is 6.92 Å². The van der Waals surface area contributed by atoms with Crippen LogP contribution in [0.1, 0.15) is 58.8 Å². The maximum Gasteiger partial charge on any atom is 0.317 e. The van der Waals surface area contributed by atoms with Crippen LogP contribution in [0.5, 0.6) is 0 Å². The molecule has 0 aliphatic rings. The summed E-state index contributed by atoms with van der Waals surface area (Å²) in [5.41, 5.74) is 0. The van der Waals surface area contributed by atoms with Crippen LogP contribution in [0.2, 0.25) is 0 Å². The summed E-state index contributed by atoms with van der Waals surface area (Å²) < 4.78 is 4.76. The van der Waals surface area contributed by atoms with Crippen LogP contribution in [0.3, 0.4) is 0 Å². The first-order valence-electron chi connectivity index (χ1n) is 6.46. The number of rotatable bonds is 8. The van der Waals surface area contributed by atoms with Gasteiger partial charge in [-0.2, -0.15) is 0 Å². The van der Waals surface area contributed by atoms with Gasteiger partial charge >= 0.3 is 5.97 Å². The summed E-state index contributed by atoms with van der Waals surface area (Å²) in [5, 5.41) is 9.05. The number of ether oxygens (including phenoxy) is 1. The maximum atomic E-state index is 10.9. The minimum atomic E-state index is -0.239. The Bertz CT molecular complexity index is 248. The van der Waals surface area contributed by atoms with Gasteiger partial charge in [-0.25, -0.2) is 0 Å². The van der Waals surface area contributed by atoms with Gasteiger partial charge in [0.1, 0.15) is 6.42 Å². The second-order valence-electron chi connectivity index (χ2n) is 4.14. The van der Waals surface area contributed by atoms with Gasteiger partial charge in [0.25, 0.3) is 0 Å². The Kier molecular flexibility index (Phi) is 10.8. The molecule has 0 rings (SSSR count). The van der Waals surface area contributed by atoms with Crippen LogP contribution in [-0.2, 0) is 9.53 Å². The van der Waals surface area contributed by atoms with E-state index in [4.69, 9.17) is 9.84 Å². The highest BCUT2D eigenvalue weighted by molar-refractivity contribution is 5.72. The largest absolute Gasteiger partial charge is 0.465 e. The van der Waals surface area contributed by atoms with Crippen LogP contribution >= 0.6 is 0 Å². The van der Waals surface area contributed by atoms with Gasteiger partial charge in [0.05, 0.1) is 12.7 Å². The van der Waals surface area contributed by atoms with Crippen LogP contribution in [-0.4, -0.2) is 23.8 Å². The van der Waals surface area contributed by atoms with Gasteiger partial charge < -0.3 is 9.84 Å². The number of carbonyl (C=O) groups excluding carboxylic acids is 1. The lowest BCUT2D eigenvalue weighted by molar-refractivity contribution is -0.141. The molecule has 0 aromatic heterocycles. The summed E-state index contributed by atoms with van der Waals surface area (Å²) in [6.45, 7) is 4.03. The first-order valence-corrected chi connectivity index (χ1v) is 6.46. The number of esters is 1. The van der Waals surface area contributed by atoms with Crippen molar-refractivity contribution in [1.82, 2.24) is 0 Å². The van der Waals surface area contributed by atoms with E-state index in [9.17, 15) is 4.79 Å². The molecule has 0 heterocycles. The van der Waals surface area contributed by atoms with Gasteiger partial charge in [0.2, 0.25) is 0 Å². The molecule has 1 N–H and O–H groups in total. The standard InChI is InChI=1S/C14H24O3/c1-3-17-14(16)12-10-8-6-4-5-7-9-11-13(2)15/h13,15H,3-7,9,11-12H2,1-2H3/t13-/m0/s1. The molecule has 1 atom stereocenters. The third-order valence-electron chi connectivity index (χ3n) is 2.34. The van der Waals surface area contributed by atoms with Crippen LogP contribution in [0, 0.1) is 11.8 Å². The van der Waals surface area contributed by atoms with Crippen molar-refractivity contribution in [2.75, 3.05) is 6.61 Å². The van der Waals surface area contributed by atoms with Gasteiger partial charge in [-0.1, -0.05) is 25.2 Å². The number of carbonyl (C=O) groups is 1. The van der Waals surface area contributed by atoms with Crippen molar-refractivity contribution in [1.29, 1.82) is 0 Å². The van der Waals surface area contributed by atoms with E-state index in [1.165, 1.54) is 0 Å². The highest BCUT2D eigenvalue weighted by Crippen LogP contribution is 2.06. The zero-order chi connectivity index (χ0) is 12.9. The molecule has 0 unspecified atom stereocenters. The molecular formula is C14H24O3. The lowest BCUT2D eigenvalue weighted by Gasteiger charge is -2.02. The third kappa shape index (κ3) is 12.9. The number of unbranched alkanes of at least 4 members (excludes halogenated alkanes) is 4. The first kappa shape index (κ1) is 16.0. The Morgan fingerprint density at radius 2 is 1.94 bits per heavy atom. The molecule has 0 saturated carbocycles. The Labute approximate surface area is 105 Å². The first-order chi connectivity index (χ1) is 8.16. The zero-order valence-electron chi connectivity index (χ0n) is 11.0. The molecule has 0 aliphatic carbocycles. The normalized spacial score (nSPS) is 11.5. The quantitative estimate of drug-likeness (QED) is 0.403. The molecule has 0 aromatic carbocycles. The van der Waals surface area contributed by atoms with E-state index in [0.29, 0.717) is 6.61 Å². The molecule has 0 bridgehead atoms. The minimum Gasteiger partial charge on any atom is -0.465 e. The number of aliphatic hydroxyl groups excluding tert-OH is 1. The van der Waals surface area contributed by atoms with Crippen LogP contribution in [0.15, 0.2) is 0 Å². The lowest BCUT2D eigenvalue weighted by atomic mass is 10.1. The highest BCUT2D eigenvalue weighted by Gasteiger charge is 1.96.